The molecule has 0 aromatic heterocycles. The van der Waals surface area contributed by atoms with Crippen molar-refractivity contribution in [3.05, 3.63) is 71.0 Å². The molecule has 2 aromatic rings. The summed E-state index contributed by atoms with van der Waals surface area (Å²) in [5, 5.41) is 8.88. The predicted molar refractivity (Wildman–Crippen MR) is 79.7 cm³/mol. The Morgan fingerprint density at radius 1 is 1.14 bits per heavy atom. The summed E-state index contributed by atoms with van der Waals surface area (Å²) in [6.07, 6.45) is 0. The Hall–Kier alpha value is -2.20. The van der Waals surface area contributed by atoms with Crippen LogP contribution in [0.5, 0.6) is 0 Å². The number of rotatable bonds is 5. The molecule has 0 radical (unpaired) electrons. The summed E-state index contributed by atoms with van der Waals surface area (Å²) in [6.45, 7) is 2.75. The van der Waals surface area contributed by atoms with Gasteiger partial charge in [0, 0.05) is 12.6 Å². The van der Waals surface area contributed by atoms with Gasteiger partial charge in [-0.25, -0.2) is 9.18 Å². The number of nitrogens with zero attached hydrogens (tertiary/aromatic N) is 1. The molecule has 0 aliphatic heterocycles. The van der Waals surface area contributed by atoms with E-state index < -0.39 is 5.97 Å². The fraction of sp³-hybridized carbons (Fsp3) is 0.235. The van der Waals surface area contributed by atoms with Crippen LogP contribution in [0.25, 0.3) is 0 Å². The van der Waals surface area contributed by atoms with Gasteiger partial charge in [0.15, 0.2) is 0 Å². The first-order valence-electron chi connectivity index (χ1n) is 6.75. The van der Waals surface area contributed by atoms with E-state index in [4.69, 9.17) is 5.11 Å². The number of benzene rings is 2. The molecule has 0 heterocycles. The molecule has 0 saturated heterocycles. The Bertz CT molecular complexity index is 608. The van der Waals surface area contributed by atoms with Crippen LogP contribution < -0.4 is 0 Å². The Kier molecular flexibility index (Phi) is 4.70. The van der Waals surface area contributed by atoms with Crippen molar-refractivity contribution in [2.45, 2.75) is 19.5 Å². The minimum Gasteiger partial charge on any atom is -0.478 e. The maximum absolute atomic E-state index is 12.9. The molecule has 0 amide bonds. The molecule has 3 nitrogen and oxygen atoms in total. The minimum absolute atomic E-state index is 0.143. The molecule has 2 rings (SSSR count). The first kappa shape index (κ1) is 15.2. The van der Waals surface area contributed by atoms with Gasteiger partial charge in [-0.2, -0.15) is 0 Å². The van der Waals surface area contributed by atoms with Gasteiger partial charge < -0.3 is 5.11 Å². The highest BCUT2D eigenvalue weighted by Gasteiger charge is 2.12. The molecule has 2 aromatic carbocycles. The van der Waals surface area contributed by atoms with Crippen molar-refractivity contribution in [3.63, 3.8) is 0 Å². The predicted octanol–water partition coefficient (Wildman–Crippen LogP) is 3.72. The van der Waals surface area contributed by atoms with Crippen LogP contribution in [-0.2, 0) is 6.54 Å². The molecule has 0 aliphatic rings. The normalized spacial score (nSPS) is 12.4. The third-order valence-corrected chi connectivity index (χ3v) is 3.65. The van der Waals surface area contributed by atoms with Crippen molar-refractivity contribution in [1.29, 1.82) is 0 Å². The van der Waals surface area contributed by atoms with E-state index in [-0.39, 0.29) is 17.4 Å². The van der Waals surface area contributed by atoms with Gasteiger partial charge >= 0.3 is 5.97 Å². The zero-order valence-electron chi connectivity index (χ0n) is 12.1. The molecule has 0 bridgehead atoms. The lowest BCUT2D eigenvalue weighted by atomic mass is 10.1. The van der Waals surface area contributed by atoms with Crippen LogP contribution in [0.1, 0.15) is 34.5 Å². The summed E-state index contributed by atoms with van der Waals surface area (Å²) in [4.78, 5) is 12.9. The monoisotopic (exact) mass is 287 g/mol. The zero-order valence-corrected chi connectivity index (χ0v) is 12.1. The van der Waals surface area contributed by atoms with E-state index in [1.807, 2.05) is 19.2 Å². The number of hydrogen-bond acceptors (Lipinski definition) is 2. The fourth-order valence-corrected chi connectivity index (χ4v) is 2.17. The molecule has 4 heteroatoms. The molecule has 0 fully saturated rings. The van der Waals surface area contributed by atoms with Crippen molar-refractivity contribution in [2.24, 2.45) is 0 Å². The van der Waals surface area contributed by atoms with Crippen LogP contribution in [0.2, 0.25) is 0 Å². The van der Waals surface area contributed by atoms with E-state index >= 15 is 0 Å². The summed E-state index contributed by atoms with van der Waals surface area (Å²) in [5.41, 5.74) is 2.37. The van der Waals surface area contributed by atoms with Crippen LogP contribution in [0, 0.1) is 5.82 Å². The SMILES string of the molecule is CC(c1ccc(F)cc1)N(C)Cc1ccc(C(=O)O)cc1. The van der Waals surface area contributed by atoms with E-state index in [1.165, 1.54) is 12.1 Å². The van der Waals surface area contributed by atoms with E-state index in [2.05, 4.69) is 11.8 Å². The average Bonchev–Trinajstić information content (AvgIpc) is 2.47. The summed E-state index contributed by atoms with van der Waals surface area (Å²) in [7, 11) is 1.99. The van der Waals surface area contributed by atoms with Gasteiger partial charge in [0.25, 0.3) is 0 Å². The van der Waals surface area contributed by atoms with Gasteiger partial charge in [-0.05, 0) is 49.4 Å². The number of hydrogen-bond donors (Lipinski definition) is 1. The van der Waals surface area contributed by atoms with Gasteiger partial charge in [-0.15, -0.1) is 0 Å². The molecule has 0 aliphatic carbocycles. The smallest absolute Gasteiger partial charge is 0.335 e. The molecular weight excluding hydrogens is 269 g/mol. The molecule has 1 atom stereocenters. The van der Waals surface area contributed by atoms with Gasteiger partial charge in [0.05, 0.1) is 5.56 Å². The molecule has 110 valence electrons. The Labute approximate surface area is 123 Å². The Balaban J connectivity index is 2.04. The Morgan fingerprint density at radius 3 is 2.24 bits per heavy atom. The van der Waals surface area contributed by atoms with Crippen LogP contribution in [0.3, 0.4) is 0 Å². The van der Waals surface area contributed by atoms with Crippen LogP contribution >= 0.6 is 0 Å². The second-order valence-corrected chi connectivity index (χ2v) is 5.14. The number of carboxylic acid groups (broad SMARTS) is 1. The van der Waals surface area contributed by atoms with E-state index in [1.54, 1.807) is 24.3 Å². The van der Waals surface area contributed by atoms with Crippen molar-refractivity contribution in [2.75, 3.05) is 7.05 Å². The van der Waals surface area contributed by atoms with Gasteiger partial charge in [0.2, 0.25) is 0 Å². The lowest BCUT2D eigenvalue weighted by Gasteiger charge is -2.25. The zero-order chi connectivity index (χ0) is 15.4. The average molecular weight is 287 g/mol. The minimum atomic E-state index is -0.922. The summed E-state index contributed by atoms with van der Waals surface area (Å²) >= 11 is 0. The first-order valence-corrected chi connectivity index (χ1v) is 6.75. The third-order valence-electron chi connectivity index (χ3n) is 3.65. The van der Waals surface area contributed by atoms with Crippen LogP contribution in [-0.4, -0.2) is 23.0 Å². The van der Waals surface area contributed by atoms with E-state index in [0.717, 1.165) is 11.1 Å². The summed E-state index contributed by atoms with van der Waals surface area (Å²) in [5.74, 6) is -1.16. The highest BCUT2D eigenvalue weighted by molar-refractivity contribution is 5.87. The molecule has 0 saturated carbocycles. The van der Waals surface area contributed by atoms with Crippen molar-refractivity contribution in [1.82, 2.24) is 4.90 Å². The van der Waals surface area contributed by atoms with Gasteiger partial charge in [-0.3, -0.25) is 4.90 Å². The maximum atomic E-state index is 12.9. The summed E-state index contributed by atoms with van der Waals surface area (Å²) < 4.78 is 12.9. The molecular formula is C17H18FNO2. The number of carbonyl (C=O) groups is 1. The second kappa shape index (κ2) is 6.50. The van der Waals surface area contributed by atoms with Crippen molar-refractivity contribution >= 4 is 5.97 Å². The standard InChI is InChI=1S/C17H18FNO2/c1-12(14-7-9-16(18)10-8-14)19(2)11-13-3-5-15(6-4-13)17(20)21/h3-10,12H,11H2,1-2H3,(H,20,21). The number of aromatic carboxylic acids is 1. The topological polar surface area (TPSA) is 40.5 Å². The van der Waals surface area contributed by atoms with E-state index in [0.29, 0.717) is 6.54 Å². The van der Waals surface area contributed by atoms with Crippen LogP contribution in [0.4, 0.5) is 4.39 Å². The van der Waals surface area contributed by atoms with Gasteiger partial charge in [-0.1, -0.05) is 24.3 Å². The van der Waals surface area contributed by atoms with Crippen molar-refractivity contribution in [3.8, 4) is 0 Å². The molecule has 1 unspecified atom stereocenters. The lowest BCUT2D eigenvalue weighted by Crippen LogP contribution is -2.21. The maximum Gasteiger partial charge on any atom is 0.335 e. The Morgan fingerprint density at radius 2 is 1.71 bits per heavy atom. The van der Waals surface area contributed by atoms with Crippen molar-refractivity contribution < 1.29 is 14.3 Å². The van der Waals surface area contributed by atoms with Crippen LogP contribution in [0.15, 0.2) is 48.5 Å². The fourth-order valence-electron chi connectivity index (χ4n) is 2.17. The van der Waals surface area contributed by atoms with E-state index in [9.17, 15) is 9.18 Å². The summed E-state index contributed by atoms with van der Waals surface area (Å²) in [6, 6.07) is 13.5. The molecule has 1 N–H and O–H groups in total. The highest BCUT2D eigenvalue weighted by Crippen LogP contribution is 2.21. The molecule has 21 heavy (non-hydrogen) atoms. The highest BCUT2D eigenvalue weighted by atomic mass is 19.1. The first-order chi connectivity index (χ1) is 9.97. The number of carboxylic acids is 1. The third kappa shape index (κ3) is 3.89. The van der Waals surface area contributed by atoms with Gasteiger partial charge in [0.1, 0.15) is 5.82 Å². The number of halogens is 1. The largest absolute Gasteiger partial charge is 0.478 e. The molecule has 0 spiro atoms. The lowest BCUT2D eigenvalue weighted by molar-refractivity contribution is 0.0697. The quantitative estimate of drug-likeness (QED) is 0.911. The second-order valence-electron chi connectivity index (χ2n) is 5.14.